The minimum Gasteiger partial charge on any atom is -0.394 e. The van der Waals surface area contributed by atoms with Crippen LogP contribution in [-0.4, -0.2) is 98.7 Å². The fraction of sp³-hybridized carbons (Fsp3) is 0.975. The van der Waals surface area contributed by atoms with Crippen LogP contribution in [-0.2, 0) is 14.3 Å². The first-order valence-electron chi connectivity index (χ1n) is 20.7. The van der Waals surface area contributed by atoms with Gasteiger partial charge in [0.1, 0.15) is 30.5 Å². The Balaban J connectivity index is 2.44. The quantitative estimate of drug-likeness (QED) is 0.0378. The van der Waals surface area contributed by atoms with E-state index in [0.717, 1.165) is 57.3 Å². The third kappa shape index (κ3) is 22.3. The lowest BCUT2D eigenvalue weighted by Gasteiger charge is -2.40. The van der Waals surface area contributed by atoms with E-state index in [2.05, 4.69) is 26.1 Å². The Morgan fingerprint density at radius 1 is 0.660 bits per heavy atom. The van der Waals surface area contributed by atoms with Crippen LogP contribution in [0.2, 0.25) is 0 Å². The van der Waals surface area contributed by atoms with Gasteiger partial charge in [0.15, 0.2) is 6.29 Å². The first kappa shape index (κ1) is 47.2. The summed E-state index contributed by atoms with van der Waals surface area (Å²) in [4.78, 5) is 12.9. The van der Waals surface area contributed by atoms with E-state index >= 15 is 0 Å². The maximum atomic E-state index is 12.9. The molecule has 0 aliphatic carbocycles. The summed E-state index contributed by atoms with van der Waals surface area (Å²) in [5.41, 5.74) is 0. The van der Waals surface area contributed by atoms with Crippen LogP contribution in [0, 0.1) is 5.92 Å². The predicted molar refractivity (Wildman–Crippen MR) is 200 cm³/mol. The van der Waals surface area contributed by atoms with E-state index in [0.29, 0.717) is 6.42 Å². The zero-order valence-corrected chi connectivity index (χ0v) is 32.2. The maximum Gasteiger partial charge on any atom is 0.220 e. The molecule has 1 aliphatic heterocycles. The summed E-state index contributed by atoms with van der Waals surface area (Å²) in [5, 5.41) is 64.8. The Morgan fingerprint density at radius 3 is 1.60 bits per heavy atom. The largest absolute Gasteiger partial charge is 0.394 e. The third-order valence-corrected chi connectivity index (χ3v) is 10.2. The van der Waals surface area contributed by atoms with Crippen molar-refractivity contribution in [2.75, 3.05) is 13.2 Å². The molecule has 1 saturated heterocycles. The molecular formula is C40H79NO9. The first-order valence-corrected chi connectivity index (χ1v) is 20.7. The van der Waals surface area contributed by atoms with Crippen molar-refractivity contribution >= 4 is 5.91 Å². The van der Waals surface area contributed by atoms with E-state index in [1.54, 1.807) is 0 Å². The number of rotatable bonds is 33. The van der Waals surface area contributed by atoms with Crippen LogP contribution in [0.4, 0.5) is 0 Å². The van der Waals surface area contributed by atoms with Crippen molar-refractivity contribution in [3.05, 3.63) is 0 Å². The number of nitrogens with one attached hydrogen (secondary N) is 1. The van der Waals surface area contributed by atoms with E-state index in [9.17, 15) is 35.4 Å². The summed E-state index contributed by atoms with van der Waals surface area (Å²) in [6, 6.07) is -0.984. The van der Waals surface area contributed by atoms with Gasteiger partial charge >= 0.3 is 0 Å². The van der Waals surface area contributed by atoms with Gasteiger partial charge in [0.25, 0.3) is 0 Å². The standard InChI is InChI=1S/C40H79NO9/c1-4-5-6-7-8-9-10-11-12-13-14-15-19-22-25-28-35(44)41-32(30-49-40-39(48)38(47)37(46)34(29-42)50-40)36(45)33(43)27-24-21-18-16-17-20-23-26-31(2)3/h31-34,36-40,42-43,45-48H,4-30H2,1-3H3,(H,41,44)/t32-,33+,34+,36-,37-,38-,39+,40+/m0/s1. The normalized spacial score (nSPS) is 22.9. The number of carbonyl (C=O) groups excluding carboxylic acids is 1. The second kappa shape index (κ2) is 30.6. The second-order valence-corrected chi connectivity index (χ2v) is 15.4. The molecule has 50 heavy (non-hydrogen) atoms. The molecule has 0 unspecified atom stereocenters. The second-order valence-electron chi connectivity index (χ2n) is 15.4. The Hall–Kier alpha value is -0.850. The summed E-state index contributed by atoms with van der Waals surface area (Å²) in [6.45, 7) is 5.85. The van der Waals surface area contributed by atoms with Crippen LogP contribution >= 0.6 is 0 Å². The maximum absolute atomic E-state index is 12.9. The lowest BCUT2D eigenvalue weighted by molar-refractivity contribution is -0.303. The van der Waals surface area contributed by atoms with Crippen molar-refractivity contribution in [1.29, 1.82) is 0 Å². The van der Waals surface area contributed by atoms with Crippen molar-refractivity contribution in [2.45, 2.75) is 230 Å². The van der Waals surface area contributed by atoms with Crippen molar-refractivity contribution in [3.63, 3.8) is 0 Å². The highest BCUT2D eigenvalue weighted by Crippen LogP contribution is 2.23. The van der Waals surface area contributed by atoms with Gasteiger partial charge in [-0.25, -0.2) is 0 Å². The molecule has 10 heteroatoms. The van der Waals surface area contributed by atoms with Crippen molar-refractivity contribution < 1.29 is 44.9 Å². The zero-order valence-electron chi connectivity index (χ0n) is 32.2. The molecule has 0 bridgehead atoms. The van der Waals surface area contributed by atoms with Gasteiger partial charge in [-0.1, -0.05) is 162 Å². The third-order valence-electron chi connectivity index (χ3n) is 10.2. The molecule has 1 fully saturated rings. The van der Waals surface area contributed by atoms with E-state index < -0.39 is 55.6 Å². The Morgan fingerprint density at radius 2 is 1.12 bits per heavy atom. The van der Waals surface area contributed by atoms with Crippen LogP contribution in [0.15, 0.2) is 0 Å². The van der Waals surface area contributed by atoms with E-state index in [1.165, 1.54) is 96.3 Å². The molecule has 1 aliphatic rings. The number of amides is 1. The van der Waals surface area contributed by atoms with Gasteiger partial charge in [0, 0.05) is 6.42 Å². The molecule has 1 rings (SSSR count). The lowest BCUT2D eigenvalue weighted by Crippen LogP contribution is -2.60. The molecular weight excluding hydrogens is 638 g/mol. The molecule has 8 atom stereocenters. The van der Waals surface area contributed by atoms with E-state index in [-0.39, 0.29) is 18.9 Å². The van der Waals surface area contributed by atoms with Gasteiger partial charge in [-0.05, 0) is 18.8 Å². The fourth-order valence-corrected chi connectivity index (χ4v) is 6.79. The smallest absolute Gasteiger partial charge is 0.220 e. The molecule has 0 radical (unpaired) electrons. The monoisotopic (exact) mass is 718 g/mol. The molecule has 1 heterocycles. The molecule has 298 valence electrons. The van der Waals surface area contributed by atoms with Gasteiger partial charge in [-0.15, -0.1) is 0 Å². The Kier molecular flexibility index (Phi) is 28.9. The highest BCUT2D eigenvalue weighted by atomic mass is 16.7. The van der Waals surface area contributed by atoms with Gasteiger partial charge in [0.2, 0.25) is 5.91 Å². The molecule has 7 N–H and O–H groups in total. The van der Waals surface area contributed by atoms with Crippen LogP contribution in [0.1, 0.15) is 181 Å². The van der Waals surface area contributed by atoms with Gasteiger partial charge in [-0.2, -0.15) is 0 Å². The number of aliphatic hydroxyl groups is 6. The fourth-order valence-electron chi connectivity index (χ4n) is 6.79. The average molecular weight is 718 g/mol. The van der Waals surface area contributed by atoms with Crippen molar-refractivity contribution in [3.8, 4) is 0 Å². The van der Waals surface area contributed by atoms with Crippen LogP contribution in [0.3, 0.4) is 0 Å². The lowest BCUT2D eigenvalue weighted by atomic mass is 9.98. The molecule has 0 aromatic carbocycles. The molecule has 1 amide bonds. The van der Waals surface area contributed by atoms with Gasteiger partial charge < -0.3 is 45.4 Å². The number of ether oxygens (including phenoxy) is 2. The zero-order chi connectivity index (χ0) is 37.0. The van der Waals surface area contributed by atoms with Crippen LogP contribution < -0.4 is 5.32 Å². The minimum absolute atomic E-state index is 0.259. The number of aliphatic hydroxyl groups excluding tert-OH is 6. The number of unbranched alkanes of at least 4 members (excludes halogenated alkanes) is 20. The van der Waals surface area contributed by atoms with E-state index in [1.807, 2.05) is 0 Å². The Bertz CT molecular complexity index is 786. The summed E-state index contributed by atoms with van der Waals surface area (Å²) in [6.07, 6.45) is 18.4. The number of hydrogen-bond donors (Lipinski definition) is 7. The first-order chi connectivity index (χ1) is 24.1. The number of carbonyl (C=O) groups is 1. The van der Waals surface area contributed by atoms with Crippen LogP contribution in [0.25, 0.3) is 0 Å². The van der Waals surface area contributed by atoms with Gasteiger partial charge in [-0.3, -0.25) is 4.79 Å². The Labute approximate surface area is 305 Å². The van der Waals surface area contributed by atoms with Crippen molar-refractivity contribution in [2.24, 2.45) is 5.92 Å². The molecule has 0 aromatic heterocycles. The highest BCUT2D eigenvalue weighted by Gasteiger charge is 2.44. The molecule has 0 saturated carbocycles. The topological polar surface area (TPSA) is 169 Å². The highest BCUT2D eigenvalue weighted by molar-refractivity contribution is 5.76. The minimum atomic E-state index is -1.60. The number of hydrogen-bond acceptors (Lipinski definition) is 9. The molecule has 0 aromatic rings. The SMILES string of the molecule is CCCCCCCCCCCCCCCCCC(=O)N[C@@H](CO[C@@H]1O[C@H](CO)[C@H](O)[C@H](O)[C@H]1O)[C@H](O)[C@H](O)CCCCCCCCCC(C)C. The summed E-state index contributed by atoms with van der Waals surface area (Å²) >= 11 is 0. The molecule has 10 nitrogen and oxygen atoms in total. The average Bonchev–Trinajstić information content (AvgIpc) is 3.10. The van der Waals surface area contributed by atoms with Crippen molar-refractivity contribution in [1.82, 2.24) is 5.32 Å². The van der Waals surface area contributed by atoms with Gasteiger partial charge in [0.05, 0.1) is 25.4 Å². The summed E-state index contributed by atoms with van der Waals surface area (Å²) in [7, 11) is 0. The van der Waals surface area contributed by atoms with Crippen LogP contribution in [0.5, 0.6) is 0 Å². The molecule has 0 spiro atoms. The predicted octanol–water partition coefficient (Wildman–Crippen LogP) is 6.44. The summed E-state index contributed by atoms with van der Waals surface area (Å²) < 4.78 is 11.1. The summed E-state index contributed by atoms with van der Waals surface area (Å²) in [5.74, 6) is 0.485. The van der Waals surface area contributed by atoms with E-state index in [4.69, 9.17) is 9.47 Å².